The number of carboxylic acids is 1. The van der Waals surface area contributed by atoms with Crippen molar-refractivity contribution in [3.63, 3.8) is 0 Å². The molecule has 0 aromatic heterocycles. The molecule has 0 aliphatic carbocycles. The van der Waals surface area contributed by atoms with Gasteiger partial charge in [-0.25, -0.2) is 12.7 Å². The highest BCUT2D eigenvalue weighted by atomic mass is 32.2. The number of nitrogens with two attached hydrogens (primary N) is 1. The SMILES string of the molecule is CS(=O)(=O)N1CCCC(CC(N)C(=O)O)C1. The fourth-order valence-electron chi connectivity index (χ4n) is 1.98. The lowest BCUT2D eigenvalue weighted by molar-refractivity contribution is -0.139. The fourth-order valence-corrected chi connectivity index (χ4v) is 2.92. The Kier molecular flexibility index (Phi) is 4.28. The second-order valence-electron chi connectivity index (χ2n) is 4.31. The van der Waals surface area contributed by atoms with Crippen molar-refractivity contribution in [3.05, 3.63) is 0 Å². The summed E-state index contributed by atoms with van der Waals surface area (Å²) in [6.45, 7) is 0.914. The minimum atomic E-state index is -3.17. The first-order valence-corrected chi connectivity index (χ1v) is 7.09. The van der Waals surface area contributed by atoms with E-state index in [9.17, 15) is 13.2 Å². The van der Waals surface area contributed by atoms with Crippen LogP contribution < -0.4 is 5.73 Å². The topological polar surface area (TPSA) is 101 Å². The Morgan fingerprint density at radius 1 is 1.62 bits per heavy atom. The second-order valence-corrected chi connectivity index (χ2v) is 6.29. The molecule has 94 valence electrons. The van der Waals surface area contributed by atoms with Crippen molar-refractivity contribution in [2.45, 2.75) is 25.3 Å². The van der Waals surface area contributed by atoms with Gasteiger partial charge in [-0.05, 0) is 25.2 Å². The lowest BCUT2D eigenvalue weighted by Gasteiger charge is -2.31. The fraction of sp³-hybridized carbons (Fsp3) is 0.889. The van der Waals surface area contributed by atoms with Gasteiger partial charge >= 0.3 is 5.97 Å². The molecule has 0 aromatic carbocycles. The van der Waals surface area contributed by atoms with E-state index >= 15 is 0 Å². The molecule has 0 bridgehead atoms. The molecular weight excluding hydrogens is 232 g/mol. The molecule has 1 saturated heterocycles. The van der Waals surface area contributed by atoms with E-state index in [1.54, 1.807) is 0 Å². The first-order chi connectivity index (χ1) is 7.30. The molecule has 1 aliphatic heterocycles. The number of piperidine rings is 1. The van der Waals surface area contributed by atoms with Crippen LogP contribution >= 0.6 is 0 Å². The normalized spacial score (nSPS) is 25.2. The molecule has 1 aliphatic rings. The van der Waals surface area contributed by atoms with Crippen molar-refractivity contribution in [2.24, 2.45) is 11.7 Å². The predicted molar refractivity (Wildman–Crippen MR) is 59.4 cm³/mol. The zero-order valence-corrected chi connectivity index (χ0v) is 10.1. The molecule has 1 rings (SSSR count). The molecule has 0 saturated carbocycles. The lowest BCUT2D eigenvalue weighted by atomic mass is 9.93. The van der Waals surface area contributed by atoms with Crippen LogP contribution in [0.4, 0.5) is 0 Å². The Hall–Kier alpha value is -0.660. The van der Waals surface area contributed by atoms with Gasteiger partial charge in [-0.15, -0.1) is 0 Å². The first-order valence-electron chi connectivity index (χ1n) is 5.24. The first kappa shape index (κ1) is 13.4. The van der Waals surface area contributed by atoms with Gasteiger partial charge < -0.3 is 10.8 Å². The summed E-state index contributed by atoms with van der Waals surface area (Å²) < 4.78 is 24.1. The second kappa shape index (κ2) is 5.11. The summed E-state index contributed by atoms with van der Waals surface area (Å²) in [5.74, 6) is -0.981. The van der Waals surface area contributed by atoms with Crippen LogP contribution in [0, 0.1) is 5.92 Å². The summed E-state index contributed by atoms with van der Waals surface area (Å²) in [6.07, 6.45) is 3.12. The lowest BCUT2D eigenvalue weighted by Crippen LogP contribution is -2.42. The van der Waals surface area contributed by atoms with Crippen LogP contribution in [0.5, 0.6) is 0 Å². The number of nitrogens with zero attached hydrogens (tertiary/aromatic N) is 1. The number of rotatable bonds is 4. The molecule has 0 aromatic rings. The maximum absolute atomic E-state index is 11.3. The molecule has 2 unspecified atom stereocenters. The molecular formula is C9H18N2O4S. The van der Waals surface area contributed by atoms with Crippen LogP contribution in [0.25, 0.3) is 0 Å². The molecule has 0 radical (unpaired) electrons. The number of carboxylic acid groups (broad SMARTS) is 1. The number of hydrogen-bond donors (Lipinski definition) is 2. The van der Waals surface area contributed by atoms with Crippen LogP contribution in [-0.2, 0) is 14.8 Å². The van der Waals surface area contributed by atoms with Crippen molar-refractivity contribution < 1.29 is 18.3 Å². The molecule has 7 heteroatoms. The van der Waals surface area contributed by atoms with Gasteiger partial charge in [0, 0.05) is 13.1 Å². The van der Waals surface area contributed by atoms with Gasteiger partial charge in [0.25, 0.3) is 0 Å². The van der Waals surface area contributed by atoms with Crippen molar-refractivity contribution in [1.29, 1.82) is 0 Å². The van der Waals surface area contributed by atoms with E-state index in [0.29, 0.717) is 19.5 Å². The highest BCUT2D eigenvalue weighted by molar-refractivity contribution is 7.88. The predicted octanol–water partition coefficient (Wildman–Crippen LogP) is -0.540. The summed E-state index contributed by atoms with van der Waals surface area (Å²) in [5, 5.41) is 8.68. The monoisotopic (exact) mass is 250 g/mol. The van der Waals surface area contributed by atoms with E-state index in [-0.39, 0.29) is 5.92 Å². The standard InChI is InChI=1S/C9H18N2O4S/c1-16(14,15)11-4-2-3-7(6-11)5-8(10)9(12)13/h7-8H,2-6,10H2,1H3,(H,12,13). The third kappa shape index (κ3) is 3.73. The van der Waals surface area contributed by atoms with Gasteiger partial charge in [0.2, 0.25) is 10.0 Å². The maximum Gasteiger partial charge on any atom is 0.320 e. The summed E-state index contributed by atoms with van der Waals surface area (Å²) in [4.78, 5) is 10.6. The average Bonchev–Trinajstić information content (AvgIpc) is 2.16. The van der Waals surface area contributed by atoms with E-state index in [1.807, 2.05) is 0 Å². The number of aliphatic carboxylic acids is 1. The zero-order valence-electron chi connectivity index (χ0n) is 9.30. The molecule has 2 atom stereocenters. The third-order valence-electron chi connectivity index (χ3n) is 2.86. The van der Waals surface area contributed by atoms with Gasteiger partial charge in [-0.1, -0.05) is 0 Å². The van der Waals surface area contributed by atoms with Crippen LogP contribution in [-0.4, -0.2) is 49.2 Å². The van der Waals surface area contributed by atoms with Crippen LogP contribution in [0.3, 0.4) is 0 Å². The Morgan fingerprint density at radius 3 is 2.75 bits per heavy atom. The summed E-state index contributed by atoms with van der Waals surface area (Å²) in [5.41, 5.74) is 5.43. The molecule has 3 N–H and O–H groups in total. The van der Waals surface area contributed by atoms with Crippen LogP contribution in [0.1, 0.15) is 19.3 Å². The smallest absolute Gasteiger partial charge is 0.320 e. The Balaban J connectivity index is 2.55. The molecule has 0 amide bonds. The van der Waals surface area contributed by atoms with E-state index < -0.39 is 22.0 Å². The minimum Gasteiger partial charge on any atom is -0.480 e. The maximum atomic E-state index is 11.3. The number of hydrogen-bond acceptors (Lipinski definition) is 4. The Bertz CT molecular complexity index is 355. The van der Waals surface area contributed by atoms with Crippen molar-refractivity contribution in [2.75, 3.05) is 19.3 Å². The van der Waals surface area contributed by atoms with Gasteiger partial charge in [0.1, 0.15) is 6.04 Å². The van der Waals surface area contributed by atoms with Gasteiger partial charge in [0.05, 0.1) is 6.26 Å². The average molecular weight is 250 g/mol. The zero-order chi connectivity index (χ0) is 12.3. The summed E-state index contributed by atoms with van der Waals surface area (Å²) in [6, 6.07) is -0.899. The third-order valence-corrected chi connectivity index (χ3v) is 4.12. The van der Waals surface area contributed by atoms with E-state index in [2.05, 4.69) is 0 Å². The number of carbonyl (C=O) groups is 1. The van der Waals surface area contributed by atoms with E-state index in [4.69, 9.17) is 10.8 Å². The molecule has 16 heavy (non-hydrogen) atoms. The molecule has 1 heterocycles. The highest BCUT2D eigenvalue weighted by Crippen LogP contribution is 2.22. The Labute approximate surface area is 95.5 Å². The van der Waals surface area contributed by atoms with Crippen LogP contribution in [0.2, 0.25) is 0 Å². The summed E-state index contributed by atoms with van der Waals surface area (Å²) in [7, 11) is -3.17. The summed E-state index contributed by atoms with van der Waals surface area (Å²) >= 11 is 0. The highest BCUT2D eigenvalue weighted by Gasteiger charge is 2.28. The van der Waals surface area contributed by atoms with Gasteiger partial charge in [0.15, 0.2) is 0 Å². The van der Waals surface area contributed by atoms with Gasteiger partial charge in [-0.3, -0.25) is 4.79 Å². The van der Waals surface area contributed by atoms with Gasteiger partial charge in [-0.2, -0.15) is 0 Å². The van der Waals surface area contributed by atoms with Crippen molar-refractivity contribution in [1.82, 2.24) is 4.31 Å². The van der Waals surface area contributed by atoms with E-state index in [1.165, 1.54) is 10.6 Å². The van der Waals surface area contributed by atoms with Crippen molar-refractivity contribution >= 4 is 16.0 Å². The quantitative estimate of drug-likeness (QED) is 0.698. The van der Waals surface area contributed by atoms with Crippen molar-refractivity contribution in [3.8, 4) is 0 Å². The van der Waals surface area contributed by atoms with Crippen LogP contribution in [0.15, 0.2) is 0 Å². The molecule has 1 fully saturated rings. The molecule has 6 nitrogen and oxygen atoms in total. The number of sulfonamides is 1. The Morgan fingerprint density at radius 2 is 2.25 bits per heavy atom. The molecule has 0 spiro atoms. The van der Waals surface area contributed by atoms with E-state index in [0.717, 1.165) is 12.8 Å². The minimum absolute atomic E-state index is 0.0505. The largest absolute Gasteiger partial charge is 0.480 e.